The summed E-state index contributed by atoms with van der Waals surface area (Å²) in [7, 11) is 0. The third-order valence-corrected chi connectivity index (χ3v) is 5.76. The predicted molar refractivity (Wildman–Crippen MR) is 101 cm³/mol. The number of amides is 1. The van der Waals surface area contributed by atoms with Crippen molar-refractivity contribution in [1.29, 1.82) is 5.26 Å². The molecular weight excluding hydrogens is 349 g/mol. The number of nitriles is 1. The summed E-state index contributed by atoms with van der Waals surface area (Å²) in [5, 5.41) is 12.4. The number of halogens is 1. The lowest BCUT2D eigenvalue weighted by Crippen LogP contribution is -2.23. The number of hydrogen-bond acceptors (Lipinski definition) is 4. The third-order valence-electron chi connectivity index (χ3n) is 4.68. The molecule has 26 heavy (non-hydrogen) atoms. The number of anilines is 1. The molecule has 1 aromatic heterocycles. The van der Waals surface area contributed by atoms with Gasteiger partial charge in [-0.05, 0) is 68.9 Å². The van der Waals surface area contributed by atoms with E-state index in [0.717, 1.165) is 30.5 Å². The summed E-state index contributed by atoms with van der Waals surface area (Å²) in [4.78, 5) is 17.1. The standard InChI is InChI=1S/C20H20FN3OS/c1-11-7-8-14(9-17(11)21)23-19(25)13(3)26-20-16(10-22)12(2)15-5-4-6-18(15)24-20/h7-9,13H,4-6H2,1-3H3,(H,23,25). The van der Waals surface area contributed by atoms with Crippen LogP contribution in [0.25, 0.3) is 0 Å². The van der Waals surface area contributed by atoms with E-state index in [1.165, 1.54) is 23.4 Å². The van der Waals surface area contributed by atoms with E-state index >= 15 is 0 Å². The number of carbonyl (C=O) groups is 1. The van der Waals surface area contributed by atoms with E-state index in [-0.39, 0.29) is 11.7 Å². The minimum Gasteiger partial charge on any atom is -0.325 e. The van der Waals surface area contributed by atoms with Gasteiger partial charge in [0.25, 0.3) is 0 Å². The van der Waals surface area contributed by atoms with Gasteiger partial charge in [-0.3, -0.25) is 4.79 Å². The molecule has 1 unspecified atom stereocenters. The fourth-order valence-corrected chi connectivity index (χ4v) is 4.08. The number of benzene rings is 1. The van der Waals surface area contributed by atoms with Crippen LogP contribution in [0.2, 0.25) is 0 Å². The summed E-state index contributed by atoms with van der Waals surface area (Å²) in [5.74, 6) is -0.604. The van der Waals surface area contributed by atoms with Gasteiger partial charge in [0.1, 0.15) is 16.9 Å². The summed E-state index contributed by atoms with van der Waals surface area (Å²) in [5.41, 5.74) is 4.70. The first kappa shape index (κ1) is 18.4. The molecular formula is C20H20FN3OS. The van der Waals surface area contributed by atoms with Gasteiger partial charge in [0.05, 0.1) is 10.8 Å². The van der Waals surface area contributed by atoms with Crippen molar-refractivity contribution in [3.05, 3.63) is 52.0 Å². The molecule has 0 fully saturated rings. The Hall–Kier alpha value is -2.39. The molecule has 0 saturated heterocycles. The Balaban J connectivity index is 1.78. The molecule has 134 valence electrons. The summed E-state index contributed by atoms with van der Waals surface area (Å²) >= 11 is 1.27. The van der Waals surface area contributed by atoms with Gasteiger partial charge in [0.15, 0.2) is 0 Å². The number of aromatic nitrogens is 1. The van der Waals surface area contributed by atoms with Gasteiger partial charge in [-0.1, -0.05) is 17.8 Å². The number of hydrogen-bond donors (Lipinski definition) is 1. The Morgan fingerprint density at radius 1 is 1.38 bits per heavy atom. The average Bonchev–Trinajstić information content (AvgIpc) is 3.07. The maximum absolute atomic E-state index is 13.6. The second kappa shape index (κ2) is 7.46. The minimum absolute atomic E-state index is 0.248. The molecule has 6 heteroatoms. The van der Waals surface area contributed by atoms with Crippen LogP contribution in [0.15, 0.2) is 23.2 Å². The molecule has 0 saturated carbocycles. The molecule has 4 nitrogen and oxygen atoms in total. The smallest absolute Gasteiger partial charge is 0.237 e. The summed E-state index contributed by atoms with van der Waals surface area (Å²) in [6.45, 7) is 5.38. The maximum atomic E-state index is 13.6. The fourth-order valence-electron chi connectivity index (χ4n) is 3.10. The van der Waals surface area contributed by atoms with Crippen LogP contribution in [0.5, 0.6) is 0 Å². The molecule has 1 aliphatic carbocycles. The summed E-state index contributed by atoms with van der Waals surface area (Å²) < 4.78 is 13.6. The number of aryl methyl sites for hydroxylation is 2. The normalized spacial score (nSPS) is 13.8. The van der Waals surface area contributed by atoms with Crippen molar-refractivity contribution >= 4 is 23.4 Å². The van der Waals surface area contributed by atoms with Crippen LogP contribution in [0.4, 0.5) is 10.1 Å². The van der Waals surface area contributed by atoms with Crippen LogP contribution in [-0.2, 0) is 17.6 Å². The SMILES string of the molecule is Cc1ccc(NC(=O)C(C)Sc2nc3c(c(C)c2C#N)CCC3)cc1F. The molecule has 0 spiro atoms. The first-order chi connectivity index (χ1) is 12.4. The molecule has 1 atom stereocenters. The zero-order valence-electron chi connectivity index (χ0n) is 15.0. The number of rotatable bonds is 4. The van der Waals surface area contributed by atoms with Crippen molar-refractivity contribution in [2.75, 3.05) is 5.32 Å². The molecule has 0 radical (unpaired) electrons. The first-order valence-electron chi connectivity index (χ1n) is 8.56. The zero-order valence-corrected chi connectivity index (χ0v) is 15.8. The van der Waals surface area contributed by atoms with E-state index in [2.05, 4.69) is 16.4 Å². The van der Waals surface area contributed by atoms with Gasteiger partial charge in [-0.25, -0.2) is 9.37 Å². The molecule has 1 N–H and O–H groups in total. The monoisotopic (exact) mass is 369 g/mol. The molecule has 0 aliphatic heterocycles. The highest BCUT2D eigenvalue weighted by Crippen LogP contribution is 2.33. The first-order valence-corrected chi connectivity index (χ1v) is 9.44. The maximum Gasteiger partial charge on any atom is 0.237 e. The molecule has 1 heterocycles. The van der Waals surface area contributed by atoms with Crippen molar-refractivity contribution in [3.63, 3.8) is 0 Å². The second-order valence-corrected chi connectivity index (χ2v) is 7.85. The van der Waals surface area contributed by atoms with E-state index in [4.69, 9.17) is 0 Å². The van der Waals surface area contributed by atoms with Gasteiger partial charge in [-0.15, -0.1) is 0 Å². The fraction of sp³-hybridized carbons (Fsp3) is 0.350. The summed E-state index contributed by atoms with van der Waals surface area (Å²) in [6, 6.07) is 6.85. The zero-order chi connectivity index (χ0) is 18.8. The molecule has 0 bridgehead atoms. The molecule has 1 aromatic carbocycles. The lowest BCUT2D eigenvalue weighted by Gasteiger charge is -2.15. The molecule has 1 amide bonds. The van der Waals surface area contributed by atoms with Gasteiger partial charge in [-0.2, -0.15) is 5.26 Å². The Morgan fingerprint density at radius 3 is 2.85 bits per heavy atom. The topological polar surface area (TPSA) is 65.8 Å². The molecule has 1 aliphatic rings. The van der Waals surface area contributed by atoms with Crippen molar-refractivity contribution in [2.24, 2.45) is 0 Å². The van der Waals surface area contributed by atoms with Crippen LogP contribution in [0, 0.1) is 31.0 Å². The molecule has 2 aromatic rings. The van der Waals surface area contributed by atoms with Gasteiger partial charge >= 0.3 is 0 Å². The number of nitrogens with zero attached hydrogens (tertiary/aromatic N) is 2. The van der Waals surface area contributed by atoms with Crippen molar-refractivity contribution < 1.29 is 9.18 Å². The van der Waals surface area contributed by atoms with Crippen LogP contribution in [0.3, 0.4) is 0 Å². The van der Waals surface area contributed by atoms with E-state index in [9.17, 15) is 14.4 Å². The van der Waals surface area contributed by atoms with E-state index < -0.39 is 5.25 Å². The number of carbonyl (C=O) groups excluding carboxylic acids is 1. The van der Waals surface area contributed by atoms with Gasteiger partial charge < -0.3 is 5.32 Å². The Kier molecular flexibility index (Phi) is 5.28. The van der Waals surface area contributed by atoms with E-state index in [0.29, 0.717) is 21.8 Å². The van der Waals surface area contributed by atoms with Crippen molar-refractivity contribution in [1.82, 2.24) is 4.98 Å². The Morgan fingerprint density at radius 2 is 2.15 bits per heavy atom. The Bertz CT molecular complexity index is 920. The average molecular weight is 369 g/mol. The number of thioether (sulfide) groups is 1. The number of fused-ring (bicyclic) bond motifs is 1. The second-order valence-electron chi connectivity index (χ2n) is 6.52. The number of pyridine rings is 1. The van der Waals surface area contributed by atoms with E-state index in [1.807, 2.05) is 6.92 Å². The highest BCUT2D eigenvalue weighted by molar-refractivity contribution is 8.00. The quantitative estimate of drug-likeness (QED) is 0.815. The highest BCUT2D eigenvalue weighted by Gasteiger charge is 2.24. The Labute approximate surface area is 156 Å². The van der Waals surface area contributed by atoms with Crippen LogP contribution < -0.4 is 5.32 Å². The third kappa shape index (κ3) is 3.58. The minimum atomic E-state index is -0.460. The molecule has 3 rings (SSSR count). The van der Waals surface area contributed by atoms with Crippen LogP contribution >= 0.6 is 11.8 Å². The lowest BCUT2D eigenvalue weighted by molar-refractivity contribution is -0.115. The highest BCUT2D eigenvalue weighted by atomic mass is 32.2. The van der Waals surface area contributed by atoms with Gasteiger partial charge in [0, 0.05) is 11.4 Å². The summed E-state index contributed by atoms with van der Waals surface area (Å²) in [6.07, 6.45) is 2.93. The van der Waals surface area contributed by atoms with Crippen molar-refractivity contribution in [3.8, 4) is 6.07 Å². The van der Waals surface area contributed by atoms with Gasteiger partial charge in [0.2, 0.25) is 5.91 Å². The predicted octanol–water partition coefficient (Wildman–Crippen LogP) is 4.32. The van der Waals surface area contributed by atoms with Crippen LogP contribution in [0.1, 0.15) is 41.3 Å². The number of nitrogens with one attached hydrogen (secondary N) is 1. The van der Waals surface area contributed by atoms with Crippen molar-refractivity contribution in [2.45, 2.75) is 50.3 Å². The van der Waals surface area contributed by atoms with Crippen LogP contribution in [-0.4, -0.2) is 16.1 Å². The lowest BCUT2D eigenvalue weighted by atomic mass is 10.0. The van der Waals surface area contributed by atoms with E-state index in [1.54, 1.807) is 26.0 Å². The largest absolute Gasteiger partial charge is 0.325 e.